The molecule has 0 aliphatic heterocycles. The first kappa shape index (κ1) is 11.2. The van der Waals surface area contributed by atoms with Crippen LogP contribution in [0.3, 0.4) is 0 Å². The highest BCUT2D eigenvalue weighted by atomic mass is 35.5. The third-order valence-electron chi connectivity index (χ3n) is 2.82. The number of aryl methyl sites for hydroxylation is 2. The topological polar surface area (TPSA) is 38.9 Å². The van der Waals surface area contributed by atoms with E-state index >= 15 is 0 Å². The summed E-state index contributed by atoms with van der Waals surface area (Å²) in [5.74, 6) is 1.42. The minimum Gasteiger partial charge on any atom is -0.461 e. The molecule has 0 unspecified atom stereocenters. The lowest BCUT2D eigenvalue weighted by atomic mass is 10.1. The van der Waals surface area contributed by atoms with E-state index in [4.69, 9.17) is 16.0 Å². The fourth-order valence-electron chi connectivity index (χ4n) is 2.09. The van der Waals surface area contributed by atoms with Gasteiger partial charge in [-0.1, -0.05) is 29.8 Å². The van der Waals surface area contributed by atoms with Crippen molar-refractivity contribution in [2.75, 3.05) is 0 Å². The maximum Gasteiger partial charge on any atom is 0.165 e. The van der Waals surface area contributed by atoms with Crippen LogP contribution in [0.1, 0.15) is 11.5 Å². The predicted octanol–water partition coefficient (Wildman–Crippen LogP) is 4.16. The zero-order valence-corrected chi connectivity index (χ0v) is 10.8. The summed E-state index contributed by atoms with van der Waals surface area (Å²) in [5, 5.41) is 1.46. The van der Waals surface area contributed by atoms with Crippen LogP contribution in [0.5, 0.6) is 0 Å². The first-order valence-electron chi connectivity index (χ1n) is 5.65. The number of nitrogens with zero attached hydrogens (tertiary/aromatic N) is 2. The van der Waals surface area contributed by atoms with E-state index < -0.39 is 0 Å². The van der Waals surface area contributed by atoms with Gasteiger partial charge in [-0.15, -0.1) is 0 Å². The van der Waals surface area contributed by atoms with E-state index in [1.807, 2.05) is 38.1 Å². The molecule has 0 fully saturated rings. The summed E-state index contributed by atoms with van der Waals surface area (Å²) < 4.78 is 5.71. The van der Waals surface area contributed by atoms with Crippen LogP contribution in [0.4, 0.5) is 0 Å². The molecule has 0 bridgehead atoms. The molecule has 90 valence electrons. The zero-order chi connectivity index (χ0) is 12.7. The summed E-state index contributed by atoms with van der Waals surface area (Å²) in [4.78, 5) is 8.71. The highest BCUT2D eigenvalue weighted by Crippen LogP contribution is 2.32. The molecule has 1 aromatic carbocycles. The largest absolute Gasteiger partial charge is 0.461 e. The van der Waals surface area contributed by atoms with E-state index in [0.29, 0.717) is 11.0 Å². The van der Waals surface area contributed by atoms with Crippen LogP contribution in [-0.2, 0) is 0 Å². The Hall–Kier alpha value is -1.87. The summed E-state index contributed by atoms with van der Waals surface area (Å²) >= 11 is 5.99. The molecule has 18 heavy (non-hydrogen) atoms. The number of fused-ring (bicyclic) bond motifs is 1. The number of hydrogen-bond donors (Lipinski definition) is 0. The quantitative estimate of drug-likeness (QED) is 0.615. The van der Waals surface area contributed by atoms with E-state index in [1.165, 1.54) is 0 Å². The molecule has 0 N–H and O–H groups in total. The van der Waals surface area contributed by atoms with Crippen LogP contribution in [0.15, 0.2) is 34.7 Å². The minimum atomic E-state index is 0.446. The molecule has 0 radical (unpaired) electrons. The highest BCUT2D eigenvalue weighted by molar-refractivity contribution is 6.29. The maximum atomic E-state index is 5.99. The second-order valence-electron chi connectivity index (χ2n) is 4.19. The van der Waals surface area contributed by atoms with Crippen molar-refractivity contribution < 1.29 is 4.42 Å². The molecule has 3 aromatic rings. The van der Waals surface area contributed by atoms with Gasteiger partial charge in [0.2, 0.25) is 0 Å². The van der Waals surface area contributed by atoms with E-state index in [1.54, 1.807) is 6.07 Å². The van der Waals surface area contributed by atoms with E-state index in [-0.39, 0.29) is 0 Å². The molecular formula is C14H11ClN2O. The van der Waals surface area contributed by atoms with Crippen molar-refractivity contribution in [3.8, 4) is 11.4 Å². The van der Waals surface area contributed by atoms with Gasteiger partial charge >= 0.3 is 0 Å². The van der Waals surface area contributed by atoms with Gasteiger partial charge in [-0.3, -0.25) is 0 Å². The van der Waals surface area contributed by atoms with Crippen LogP contribution < -0.4 is 0 Å². The normalized spacial score (nSPS) is 11.1. The molecule has 2 heterocycles. The Kier molecular flexibility index (Phi) is 2.56. The molecule has 0 saturated heterocycles. The fourth-order valence-corrected chi connectivity index (χ4v) is 2.33. The molecule has 3 rings (SSSR count). The van der Waals surface area contributed by atoms with Gasteiger partial charge in [0.05, 0.1) is 5.56 Å². The first-order valence-corrected chi connectivity index (χ1v) is 6.02. The van der Waals surface area contributed by atoms with Crippen molar-refractivity contribution in [1.29, 1.82) is 0 Å². The first-order chi connectivity index (χ1) is 8.65. The molecule has 0 aliphatic rings. The number of aromatic nitrogens is 2. The second-order valence-corrected chi connectivity index (χ2v) is 4.57. The number of benzene rings is 1. The van der Waals surface area contributed by atoms with Crippen molar-refractivity contribution in [2.45, 2.75) is 13.8 Å². The third-order valence-corrected chi connectivity index (χ3v) is 3.01. The third kappa shape index (κ3) is 1.77. The second kappa shape index (κ2) is 4.10. The molecule has 0 amide bonds. The zero-order valence-electron chi connectivity index (χ0n) is 10.1. The van der Waals surface area contributed by atoms with Gasteiger partial charge in [-0.2, -0.15) is 0 Å². The smallest absolute Gasteiger partial charge is 0.165 e. The summed E-state index contributed by atoms with van der Waals surface area (Å²) in [6.07, 6.45) is 0. The Morgan fingerprint density at radius 2 is 1.89 bits per heavy atom. The van der Waals surface area contributed by atoms with Crippen LogP contribution in [0.2, 0.25) is 5.15 Å². The molecule has 0 saturated carbocycles. The average molecular weight is 259 g/mol. The molecule has 3 nitrogen and oxygen atoms in total. The molecular weight excluding hydrogens is 248 g/mol. The Labute approximate surface area is 109 Å². The van der Waals surface area contributed by atoms with Crippen LogP contribution in [-0.4, -0.2) is 9.97 Å². The summed E-state index contributed by atoms with van der Waals surface area (Å²) in [6, 6.07) is 9.59. The Balaban J connectivity index is 2.34. The maximum absolute atomic E-state index is 5.99. The minimum absolute atomic E-state index is 0.446. The standard InChI is InChI=1S/C14H11ClN2O/c1-8-7-12(15)17-14(16-8)13-9(2)18-11-6-4-3-5-10(11)13/h3-7H,1-2H3. The lowest BCUT2D eigenvalue weighted by Crippen LogP contribution is -1.92. The Morgan fingerprint density at radius 1 is 1.11 bits per heavy atom. The van der Waals surface area contributed by atoms with Gasteiger partial charge in [-0.05, 0) is 26.0 Å². The van der Waals surface area contributed by atoms with Gasteiger partial charge < -0.3 is 4.42 Å². The number of rotatable bonds is 1. The van der Waals surface area contributed by atoms with Crippen molar-refractivity contribution in [1.82, 2.24) is 9.97 Å². The number of halogens is 1. The molecule has 4 heteroatoms. The SMILES string of the molecule is Cc1cc(Cl)nc(-c2c(C)oc3ccccc23)n1. The average Bonchev–Trinajstić information content (AvgIpc) is 2.63. The Morgan fingerprint density at radius 3 is 2.67 bits per heavy atom. The van der Waals surface area contributed by atoms with Crippen LogP contribution >= 0.6 is 11.6 Å². The van der Waals surface area contributed by atoms with E-state index in [9.17, 15) is 0 Å². The van der Waals surface area contributed by atoms with Gasteiger partial charge in [0, 0.05) is 11.1 Å². The monoisotopic (exact) mass is 258 g/mol. The van der Waals surface area contributed by atoms with Gasteiger partial charge in [0.1, 0.15) is 16.5 Å². The van der Waals surface area contributed by atoms with Crippen molar-refractivity contribution in [3.05, 3.63) is 46.9 Å². The van der Waals surface area contributed by atoms with Crippen LogP contribution in [0.25, 0.3) is 22.4 Å². The van der Waals surface area contributed by atoms with Gasteiger partial charge in [-0.25, -0.2) is 9.97 Å². The number of furan rings is 1. The van der Waals surface area contributed by atoms with Gasteiger partial charge in [0.15, 0.2) is 5.82 Å². The van der Waals surface area contributed by atoms with Crippen molar-refractivity contribution >= 4 is 22.6 Å². The number of para-hydroxylation sites is 1. The van der Waals surface area contributed by atoms with E-state index in [0.717, 1.165) is 28.0 Å². The molecule has 0 atom stereocenters. The van der Waals surface area contributed by atoms with Crippen LogP contribution in [0, 0.1) is 13.8 Å². The Bertz CT molecular complexity index is 713. The predicted molar refractivity (Wildman–Crippen MR) is 71.7 cm³/mol. The summed E-state index contributed by atoms with van der Waals surface area (Å²) in [7, 11) is 0. The molecule has 0 spiro atoms. The fraction of sp³-hybridized carbons (Fsp3) is 0.143. The van der Waals surface area contributed by atoms with Crippen molar-refractivity contribution in [3.63, 3.8) is 0 Å². The summed E-state index contributed by atoms with van der Waals surface area (Å²) in [5.41, 5.74) is 2.59. The highest BCUT2D eigenvalue weighted by Gasteiger charge is 2.15. The molecule has 2 aromatic heterocycles. The van der Waals surface area contributed by atoms with Gasteiger partial charge in [0.25, 0.3) is 0 Å². The number of hydrogen-bond acceptors (Lipinski definition) is 3. The van der Waals surface area contributed by atoms with E-state index in [2.05, 4.69) is 9.97 Å². The lowest BCUT2D eigenvalue weighted by molar-refractivity contribution is 0.579. The lowest BCUT2D eigenvalue weighted by Gasteiger charge is -2.01. The van der Waals surface area contributed by atoms with Crippen molar-refractivity contribution in [2.24, 2.45) is 0 Å². The summed E-state index contributed by atoms with van der Waals surface area (Å²) in [6.45, 7) is 3.81. The molecule has 0 aliphatic carbocycles.